The Labute approximate surface area is 132 Å². The van der Waals surface area contributed by atoms with Crippen LogP contribution in [0.15, 0.2) is 18.2 Å². The minimum atomic E-state index is -0.544. The molecule has 2 aliphatic rings. The zero-order valence-corrected chi connectivity index (χ0v) is 12.8. The number of carbonyl (C=O) groups excluding carboxylic acids is 2. The maximum Gasteiger partial charge on any atom is 0.414 e. The normalized spacial score (nSPS) is 20.8. The number of carbonyl (C=O) groups is 2. The standard InChI is InChI=1S/C15H18FN3O4/c1-10(20)17-7-12-8-19(15(21)23-12)11-2-3-14(13(16)6-11)18-4-5-22-9-18/h2-3,6,12H,4-5,7-9H2,1H3,(H,17,20)/t12-/m0/s1. The largest absolute Gasteiger partial charge is 0.442 e. The third-order valence-corrected chi connectivity index (χ3v) is 3.79. The van der Waals surface area contributed by atoms with Gasteiger partial charge in [0.05, 0.1) is 31.1 Å². The minimum absolute atomic E-state index is 0.192. The number of rotatable bonds is 4. The van der Waals surface area contributed by atoms with Crippen LogP contribution in [0.25, 0.3) is 0 Å². The van der Waals surface area contributed by atoms with Crippen molar-refractivity contribution < 1.29 is 23.5 Å². The smallest absolute Gasteiger partial charge is 0.414 e. The molecule has 7 nitrogen and oxygen atoms in total. The van der Waals surface area contributed by atoms with E-state index in [4.69, 9.17) is 9.47 Å². The van der Waals surface area contributed by atoms with Crippen LogP contribution in [-0.2, 0) is 14.3 Å². The molecule has 0 unspecified atom stereocenters. The van der Waals surface area contributed by atoms with E-state index >= 15 is 0 Å². The number of halogens is 1. The van der Waals surface area contributed by atoms with E-state index in [1.54, 1.807) is 17.0 Å². The highest BCUT2D eigenvalue weighted by Crippen LogP contribution is 2.28. The Bertz CT molecular complexity index is 619. The van der Waals surface area contributed by atoms with E-state index in [0.29, 0.717) is 31.3 Å². The molecule has 2 saturated heterocycles. The summed E-state index contributed by atoms with van der Waals surface area (Å²) in [5.41, 5.74) is 0.885. The summed E-state index contributed by atoms with van der Waals surface area (Å²) >= 11 is 0. The van der Waals surface area contributed by atoms with E-state index < -0.39 is 18.0 Å². The average molecular weight is 323 g/mol. The highest BCUT2D eigenvalue weighted by Gasteiger charge is 2.33. The Kier molecular flexibility index (Phi) is 4.33. The first-order valence-corrected chi connectivity index (χ1v) is 7.39. The molecule has 124 valence electrons. The Morgan fingerprint density at radius 1 is 1.48 bits per heavy atom. The summed E-state index contributed by atoms with van der Waals surface area (Å²) in [6, 6.07) is 4.63. The van der Waals surface area contributed by atoms with E-state index in [0.717, 1.165) is 0 Å². The van der Waals surface area contributed by atoms with Crippen molar-refractivity contribution in [2.24, 2.45) is 0 Å². The zero-order valence-electron chi connectivity index (χ0n) is 12.8. The van der Waals surface area contributed by atoms with Crippen molar-refractivity contribution in [2.45, 2.75) is 13.0 Å². The Morgan fingerprint density at radius 3 is 2.96 bits per heavy atom. The van der Waals surface area contributed by atoms with Crippen molar-refractivity contribution in [3.05, 3.63) is 24.0 Å². The quantitative estimate of drug-likeness (QED) is 0.898. The predicted octanol–water partition coefficient (Wildman–Crippen LogP) is 1.08. The topological polar surface area (TPSA) is 71.1 Å². The van der Waals surface area contributed by atoms with Crippen molar-refractivity contribution in [1.29, 1.82) is 0 Å². The molecule has 8 heteroatoms. The number of benzene rings is 1. The molecule has 2 amide bonds. The number of nitrogens with one attached hydrogen (secondary N) is 1. The highest BCUT2D eigenvalue weighted by molar-refractivity contribution is 5.90. The van der Waals surface area contributed by atoms with Crippen LogP contribution < -0.4 is 15.1 Å². The third-order valence-electron chi connectivity index (χ3n) is 3.79. The maximum absolute atomic E-state index is 14.3. The first-order valence-electron chi connectivity index (χ1n) is 7.39. The Balaban J connectivity index is 1.70. The molecule has 0 aliphatic carbocycles. The fourth-order valence-electron chi connectivity index (χ4n) is 2.62. The van der Waals surface area contributed by atoms with Gasteiger partial charge in [-0.1, -0.05) is 0 Å². The minimum Gasteiger partial charge on any atom is -0.442 e. The Morgan fingerprint density at radius 2 is 2.30 bits per heavy atom. The van der Waals surface area contributed by atoms with Gasteiger partial charge in [0.2, 0.25) is 5.91 Å². The van der Waals surface area contributed by atoms with Crippen LogP contribution in [0, 0.1) is 5.82 Å². The number of hydrogen-bond acceptors (Lipinski definition) is 5. The van der Waals surface area contributed by atoms with Crippen molar-refractivity contribution in [3.63, 3.8) is 0 Å². The molecule has 2 aliphatic heterocycles. The summed E-state index contributed by atoms with van der Waals surface area (Å²) < 4.78 is 24.7. The second-order valence-electron chi connectivity index (χ2n) is 5.49. The molecule has 0 spiro atoms. The summed E-state index contributed by atoms with van der Waals surface area (Å²) in [6.45, 7) is 3.48. The van der Waals surface area contributed by atoms with Gasteiger partial charge in [-0.15, -0.1) is 0 Å². The molecule has 0 radical (unpaired) electrons. The highest BCUT2D eigenvalue weighted by atomic mass is 19.1. The van der Waals surface area contributed by atoms with Crippen molar-refractivity contribution in [3.8, 4) is 0 Å². The molecule has 3 rings (SSSR count). The van der Waals surface area contributed by atoms with Crippen molar-refractivity contribution in [1.82, 2.24) is 5.32 Å². The van der Waals surface area contributed by atoms with Gasteiger partial charge in [0.15, 0.2) is 0 Å². The van der Waals surface area contributed by atoms with Gasteiger partial charge in [-0.25, -0.2) is 9.18 Å². The fourth-order valence-corrected chi connectivity index (χ4v) is 2.62. The monoisotopic (exact) mass is 323 g/mol. The number of cyclic esters (lactones) is 1. The predicted molar refractivity (Wildman–Crippen MR) is 80.9 cm³/mol. The molecular formula is C15H18FN3O4. The van der Waals surface area contributed by atoms with Gasteiger partial charge in [0.25, 0.3) is 0 Å². The average Bonchev–Trinajstić information content (AvgIpc) is 3.14. The summed E-state index contributed by atoms with van der Waals surface area (Å²) in [5.74, 6) is -0.603. The molecule has 2 fully saturated rings. The molecule has 2 heterocycles. The molecule has 1 aromatic rings. The van der Waals surface area contributed by atoms with Crippen LogP contribution in [0.4, 0.5) is 20.6 Å². The number of amides is 2. The van der Waals surface area contributed by atoms with E-state index in [-0.39, 0.29) is 19.0 Å². The lowest BCUT2D eigenvalue weighted by Gasteiger charge is -2.19. The third kappa shape index (κ3) is 3.37. The SMILES string of the molecule is CC(=O)NC[C@H]1CN(c2ccc(N3CCOC3)c(F)c2)C(=O)O1. The first-order chi connectivity index (χ1) is 11.0. The molecule has 1 N–H and O–H groups in total. The summed E-state index contributed by atoms with van der Waals surface area (Å²) in [4.78, 5) is 26.0. The van der Waals surface area contributed by atoms with Crippen LogP contribution >= 0.6 is 0 Å². The van der Waals surface area contributed by atoms with Gasteiger partial charge >= 0.3 is 6.09 Å². The van der Waals surface area contributed by atoms with Crippen molar-refractivity contribution in [2.75, 3.05) is 42.8 Å². The molecule has 0 aromatic heterocycles. The number of anilines is 2. The van der Waals surface area contributed by atoms with E-state index in [1.165, 1.54) is 17.9 Å². The van der Waals surface area contributed by atoms with Crippen molar-refractivity contribution >= 4 is 23.4 Å². The summed E-state index contributed by atoms with van der Waals surface area (Å²) in [7, 11) is 0. The van der Waals surface area contributed by atoms with Gasteiger partial charge in [-0.2, -0.15) is 0 Å². The summed E-state index contributed by atoms with van der Waals surface area (Å²) in [6.07, 6.45) is -0.988. The molecule has 1 aromatic carbocycles. The summed E-state index contributed by atoms with van der Waals surface area (Å²) in [5, 5.41) is 2.60. The van der Waals surface area contributed by atoms with E-state index in [1.807, 2.05) is 0 Å². The van der Waals surface area contributed by atoms with Crippen LogP contribution in [-0.4, -0.2) is 51.1 Å². The number of nitrogens with zero attached hydrogens (tertiary/aromatic N) is 2. The lowest BCUT2D eigenvalue weighted by atomic mass is 10.2. The first kappa shape index (κ1) is 15.5. The lowest BCUT2D eigenvalue weighted by Crippen LogP contribution is -2.33. The lowest BCUT2D eigenvalue weighted by molar-refractivity contribution is -0.119. The molecule has 1 atom stereocenters. The van der Waals surface area contributed by atoms with E-state index in [2.05, 4.69) is 5.32 Å². The molecule has 0 bridgehead atoms. The van der Waals surface area contributed by atoms with Crippen LogP contribution in [0.2, 0.25) is 0 Å². The van der Waals surface area contributed by atoms with Gasteiger partial charge in [0, 0.05) is 13.5 Å². The van der Waals surface area contributed by atoms with Gasteiger partial charge in [-0.3, -0.25) is 9.69 Å². The Hall–Kier alpha value is -2.35. The second kappa shape index (κ2) is 6.41. The van der Waals surface area contributed by atoms with Gasteiger partial charge in [-0.05, 0) is 18.2 Å². The number of hydrogen-bond donors (Lipinski definition) is 1. The molecule has 23 heavy (non-hydrogen) atoms. The number of ether oxygens (including phenoxy) is 2. The van der Waals surface area contributed by atoms with Gasteiger partial charge < -0.3 is 19.7 Å². The van der Waals surface area contributed by atoms with Gasteiger partial charge in [0.1, 0.15) is 18.7 Å². The molecule has 0 saturated carbocycles. The zero-order chi connectivity index (χ0) is 16.4. The van der Waals surface area contributed by atoms with Crippen LogP contribution in [0.1, 0.15) is 6.92 Å². The maximum atomic E-state index is 14.3. The fraction of sp³-hybridized carbons (Fsp3) is 0.467. The van der Waals surface area contributed by atoms with Crippen LogP contribution in [0.5, 0.6) is 0 Å². The van der Waals surface area contributed by atoms with Crippen LogP contribution in [0.3, 0.4) is 0 Å². The molecular weight excluding hydrogens is 305 g/mol. The van der Waals surface area contributed by atoms with E-state index in [9.17, 15) is 14.0 Å². The second-order valence-corrected chi connectivity index (χ2v) is 5.49.